The van der Waals surface area contributed by atoms with Crippen molar-refractivity contribution in [3.63, 3.8) is 0 Å². The smallest absolute Gasteiger partial charge is 0.0718 e. The van der Waals surface area contributed by atoms with Crippen LogP contribution in [0.1, 0.15) is 31.2 Å². The van der Waals surface area contributed by atoms with Crippen molar-refractivity contribution in [1.82, 2.24) is 0 Å². The normalized spacial score (nSPS) is 18.1. The summed E-state index contributed by atoms with van der Waals surface area (Å²) >= 11 is 0. The molecule has 2 rings (SSSR count). The molecule has 0 aliphatic heterocycles. The third-order valence-corrected chi connectivity index (χ3v) is 5.04. The van der Waals surface area contributed by atoms with Crippen LogP contribution in [0.25, 0.3) is 0 Å². The van der Waals surface area contributed by atoms with E-state index in [1.807, 2.05) is 24.3 Å². The summed E-state index contributed by atoms with van der Waals surface area (Å²) in [6.45, 7) is 0.847. The number of hydrogen-bond donors (Lipinski definition) is 1. The lowest BCUT2D eigenvalue weighted by Crippen LogP contribution is -2.10. The van der Waals surface area contributed by atoms with Crippen molar-refractivity contribution in [3.05, 3.63) is 29.8 Å². The predicted octanol–water partition coefficient (Wildman–Crippen LogP) is 2.25. The summed E-state index contributed by atoms with van der Waals surface area (Å²) in [6.07, 6.45) is 4.57. The highest BCUT2D eigenvalue weighted by Crippen LogP contribution is 2.27. The first-order chi connectivity index (χ1) is 8.81. The van der Waals surface area contributed by atoms with E-state index in [-0.39, 0.29) is 6.61 Å². The molecule has 1 aliphatic rings. The first-order valence-electron chi connectivity index (χ1n) is 6.49. The molecular formula is C14H20O3S. The van der Waals surface area contributed by atoms with Gasteiger partial charge in [0.1, 0.15) is 0 Å². The van der Waals surface area contributed by atoms with Crippen molar-refractivity contribution in [2.75, 3.05) is 13.2 Å². The zero-order valence-corrected chi connectivity index (χ0v) is 11.3. The fraction of sp³-hybridized carbons (Fsp3) is 0.571. The second-order valence-corrected chi connectivity index (χ2v) is 6.36. The maximum atomic E-state index is 12.4. The molecule has 1 aliphatic carbocycles. The molecule has 1 unspecified atom stereocenters. The van der Waals surface area contributed by atoms with Gasteiger partial charge in [0.15, 0.2) is 0 Å². The summed E-state index contributed by atoms with van der Waals surface area (Å²) in [5.74, 6) is 0. The van der Waals surface area contributed by atoms with Crippen LogP contribution in [0.2, 0.25) is 0 Å². The molecule has 0 amide bonds. The number of ether oxygens (including phenoxy) is 1. The Morgan fingerprint density at radius 3 is 2.83 bits per heavy atom. The predicted molar refractivity (Wildman–Crippen MR) is 71.8 cm³/mol. The van der Waals surface area contributed by atoms with E-state index in [4.69, 9.17) is 9.84 Å². The Balaban J connectivity index is 1.99. The SMILES string of the molecule is O=S(c1cccc(COCCO)c1)C1CCCC1. The Morgan fingerprint density at radius 2 is 2.11 bits per heavy atom. The molecule has 1 N–H and O–H groups in total. The van der Waals surface area contributed by atoms with E-state index < -0.39 is 10.8 Å². The van der Waals surface area contributed by atoms with Crippen LogP contribution in [0.15, 0.2) is 29.2 Å². The van der Waals surface area contributed by atoms with Gasteiger partial charge in [0, 0.05) is 10.1 Å². The lowest BCUT2D eigenvalue weighted by atomic mass is 10.2. The highest BCUT2D eigenvalue weighted by Gasteiger charge is 2.22. The molecule has 0 bridgehead atoms. The Morgan fingerprint density at radius 1 is 1.33 bits per heavy atom. The fourth-order valence-electron chi connectivity index (χ4n) is 2.31. The molecule has 1 saturated carbocycles. The third kappa shape index (κ3) is 3.64. The highest BCUT2D eigenvalue weighted by molar-refractivity contribution is 7.85. The molecule has 1 atom stereocenters. The average molecular weight is 268 g/mol. The van der Waals surface area contributed by atoms with Crippen LogP contribution in [0.3, 0.4) is 0 Å². The molecule has 3 nitrogen and oxygen atoms in total. The van der Waals surface area contributed by atoms with Crippen molar-refractivity contribution < 1.29 is 14.1 Å². The van der Waals surface area contributed by atoms with Crippen molar-refractivity contribution in [2.24, 2.45) is 0 Å². The van der Waals surface area contributed by atoms with Crippen molar-refractivity contribution in [2.45, 2.75) is 42.4 Å². The Labute approximate surface area is 111 Å². The molecule has 0 saturated heterocycles. The molecule has 0 heterocycles. The van der Waals surface area contributed by atoms with E-state index in [1.165, 1.54) is 12.8 Å². The topological polar surface area (TPSA) is 46.5 Å². The van der Waals surface area contributed by atoms with E-state index in [1.54, 1.807) is 0 Å². The fourth-order valence-corrected chi connectivity index (χ4v) is 3.94. The first-order valence-corrected chi connectivity index (χ1v) is 7.70. The van der Waals surface area contributed by atoms with E-state index in [0.717, 1.165) is 23.3 Å². The summed E-state index contributed by atoms with van der Waals surface area (Å²) in [6, 6.07) is 7.79. The number of hydrogen-bond acceptors (Lipinski definition) is 3. The highest BCUT2D eigenvalue weighted by atomic mass is 32.2. The molecule has 4 heteroatoms. The number of rotatable bonds is 6. The van der Waals surface area contributed by atoms with Crippen LogP contribution >= 0.6 is 0 Å². The van der Waals surface area contributed by atoms with Crippen LogP contribution in [-0.2, 0) is 22.1 Å². The van der Waals surface area contributed by atoms with Gasteiger partial charge in [0.05, 0.1) is 30.6 Å². The molecule has 1 aromatic rings. The molecule has 0 aromatic heterocycles. The summed E-state index contributed by atoms with van der Waals surface area (Å²) in [4.78, 5) is 0.909. The van der Waals surface area contributed by atoms with Gasteiger partial charge in [0.25, 0.3) is 0 Å². The molecule has 100 valence electrons. The summed E-state index contributed by atoms with van der Waals surface area (Å²) < 4.78 is 17.6. The Bertz CT molecular complexity index is 400. The van der Waals surface area contributed by atoms with Crippen LogP contribution in [0.5, 0.6) is 0 Å². The van der Waals surface area contributed by atoms with Gasteiger partial charge in [-0.2, -0.15) is 0 Å². The lowest BCUT2D eigenvalue weighted by molar-refractivity contribution is 0.0814. The molecule has 18 heavy (non-hydrogen) atoms. The van der Waals surface area contributed by atoms with Crippen molar-refractivity contribution in [3.8, 4) is 0 Å². The number of benzene rings is 1. The maximum absolute atomic E-state index is 12.4. The van der Waals surface area contributed by atoms with Crippen LogP contribution in [0.4, 0.5) is 0 Å². The van der Waals surface area contributed by atoms with Gasteiger partial charge in [-0.3, -0.25) is 4.21 Å². The summed E-state index contributed by atoms with van der Waals surface area (Å²) in [5.41, 5.74) is 1.02. The zero-order chi connectivity index (χ0) is 12.8. The summed E-state index contributed by atoms with van der Waals surface area (Å²) in [5, 5.41) is 8.99. The van der Waals surface area contributed by atoms with Crippen LogP contribution < -0.4 is 0 Å². The minimum absolute atomic E-state index is 0.0354. The molecule has 1 aromatic carbocycles. The molecular weight excluding hydrogens is 248 g/mol. The van der Waals surface area contributed by atoms with Gasteiger partial charge in [0.2, 0.25) is 0 Å². The van der Waals surface area contributed by atoms with Gasteiger partial charge in [-0.15, -0.1) is 0 Å². The van der Waals surface area contributed by atoms with Gasteiger partial charge in [-0.1, -0.05) is 25.0 Å². The van der Waals surface area contributed by atoms with Gasteiger partial charge in [-0.25, -0.2) is 0 Å². The molecule has 0 radical (unpaired) electrons. The van der Waals surface area contributed by atoms with E-state index in [0.29, 0.717) is 18.5 Å². The van der Waals surface area contributed by atoms with Crippen LogP contribution in [0, 0.1) is 0 Å². The van der Waals surface area contributed by atoms with Crippen molar-refractivity contribution in [1.29, 1.82) is 0 Å². The molecule has 0 spiro atoms. The quantitative estimate of drug-likeness (QED) is 0.805. The minimum atomic E-state index is -0.881. The average Bonchev–Trinajstić information content (AvgIpc) is 2.92. The lowest BCUT2D eigenvalue weighted by Gasteiger charge is -2.10. The zero-order valence-electron chi connectivity index (χ0n) is 10.5. The molecule has 1 fully saturated rings. The number of aliphatic hydroxyl groups is 1. The van der Waals surface area contributed by atoms with Gasteiger partial charge < -0.3 is 9.84 Å². The van der Waals surface area contributed by atoms with Gasteiger partial charge >= 0.3 is 0 Å². The number of aliphatic hydroxyl groups excluding tert-OH is 1. The van der Waals surface area contributed by atoms with Crippen LogP contribution in [-0.4, -0.2) is 27.8 Å². The summed E-state index contributed by atoms with van der Waals surface area (Å²) in [7, 11) is -0.881. The Kier molecular flexibility index (Phi) is 5.35. The standard InChI is InChI=1S/C14H20O3S/c15-8-9-17-11-12-4-3-7-14(10-12)18(16)13-5-1-2-6-13/h3-4,7,10,13,15H,1-2,5-6,8-9,11H2. The van der Waals surface area contributed by atoms with Crippen molar-refractivity contribution >= 4 is 10.8 Å². The van der Waals surface area contributed by atoms with Gasteiger partial charge in [-0.05, 0) is 30.5 Å². The monoisotopic (exact) mass is 268 g/mol. The maximum Gasteiger partial charge on any atom is 0.0718 e. The largest absolute Gasteiger partial charge is 0.394 e. The minimum Gasteiger partial charge on any atom is -0.394 e. The second-order valence-electron chi connectivity index (χ2n) is 4.63. The van der Waals surface area contributed by atoms with E-state index in [2.05, 4.69) is 0 Å². The van der Waals surface area contributed by atoms with E-state index in [9.17, 15) is 4.21 Å². The first kappa shape index (κ1) is 13.7. The Hall–Kier alpha value is -0.710. The third-order valence-electron chi connectivity index (χ3n) is 3.24. The van der Waals surface area contributed by atoms with E-state index >= 15 is 0 Å². The second kappa shape index (κ2) is 7.02.